The number of nitrogens with one attached hydrogen (secondary N) is 1. The Balaban J connectivity index is 2.02. The van der Waals surface area contributed by atoms with Gasteiger partial charge in [0.25, 0.3) is 5.56 Å². The molecule has 10 heteroatoms. The number of anilines is 2. The lowest BCUT2D eigenvalue weighted by Gasteiger charge is -2.32. The summed E-state index contributed by atoms with van der Waals surface area (Å²) in [6.45, 7) is 6.35. The molecule has 0 saturated carbocycles. The van der Waals surface area contributed by atoms with Gasteiger partial charge in [-0.25, -0.2) is 0 Å². The van der Waals surface area contributed by atoms with Crippen LogP contribution in [0.2, 0.25) is 0 Å². The molecule has 0 bridgehead atoms. The van der Waals surface area contributed by atoms with Gasteiger partial charge in [0.15, 0.2) is 11.2 Å². The van der Waals surface area contributed by atoms with Crippen LogP contribution in [0.15, 0.2) is 4.79 Å². The molecule has 0 aliphatic carbocycles. The number of aromatic nitrogens is 4. The van der Waals surface area contributed by atoms with Gasteiger partial charge in [-0.3, -0.25) is 18.7 Å². The van der Waals surface area contributed by atoms with Gasteiger partial charge in [-0.1, -0.05) is 5.92 Å². The highest BCUT2D eigenvalue weighted by Gasteiger charge is 2.29. The molecule has 3 heterocycles. The smallest absolute Gasteiger partial charge is 0.310 e. The maximum atomic E-state index is 13.2. The number of ether oxygens (including phenoxy) is 1. The molecule has 1 saturated heterocycles. The van der Waals surface area contributed by atoms with Gasteiger partial charge in [0.2, 0.25) is 11.9 Å². The number of hydrogen-bond donors (Lipinski definition) is 2. The molecule has 1 aliphatic rings. The minimum absolute atomic E-state index is 0.205. The zero-order valence-electron chi connectivity index (χ0n) is 17.8. The fourth-order valence-electron chi connectivity index (χ4n) is 3.67. The van der Waals surface area contributed by atoms with Crippen LogP contribution in [0.4, 0.5) is 11.9 Å². The van der Waals surface area contributed by atoms with Gasteiger partial charge >= 0.3 is 5.97 Å². The largest absolute Gasteiger partial charge is 0.466 e. The Labute approximate surface area is 175 Å². The zero-order chi connectivity index (χ0) is 21.7. The van der Waals surface area contributed by atoms with Crippen LogP contribution in [-0.2, 0) is 23.1 Å². The van der Waals surface area contributed by atoms with Gasteiger partial charge in [0.05, 0.1) is 19.1 Å². The van der Waals surface area contributed by atoms with E-state index in [1.165, 1.54) is 4.57 Å². The van der Waals surface area contributed by atoms with Crippen LogP contribution in [0.3, 0.4) is 0 Å². The number of esters is 1. The van der Waals surface area contributed by atoms with E-state index in [-0.39, 0.29) is 17.4 Å². The molecule has 1 aliphatic heterocycles. The van der Waals surface area contributed by atoms with Gasteiger partial charge in [0.1, 0.15) is 0 Å². The van der Waals surface area contributed by atoms with E-state index in [1.54, 1.807) is 25.5 Å². The van der Waals surface area contributed by atoms with Gasteiger partial charge < -0.3 is 20.7 Å². The Morgan fingerprint density at radius 3 is 2.90 bits per heavy atom. The van der Waals surface area contributed by atoms with Crippen LogP contribution in [0, 0.1) is 17.8 Å². The molecule has 2 aromatic heterocycles. The number of carbonyl (C=O) groups excluding carboxylic acids is 1. The predicted octanol–water partition coefficient (Wildman–Crippen LogP) is 0.303. The van der Waals surface area contributed by atoms with Crippen molar-refractivity contribution in [3.63, 3.8) is 0 Å². The van der Waals surface area contributed by atoms with E-state index in [2.05, 4.69) is 27.1 Å². The lowest BCUT2D eigenvalue weighted by molar-refractivity contribution is -0.148. The number of rotatable bonds is 7. The van der Waals surface area contributed by atoms with Crippen molar-refractivity contribution in [2.24, 2.45) is 18.7 Å². The Hall–Kier alpha value is -3.06. The third kappa shape index (κ3) is 4.26. The number of imidazole rings is 1. The molecule has 1 atom stereocenters. The highest BCUT2D eigenvalue weighted by atomic mass is 16.5. The molecule has 3 N–H and O–H groups in total. The van der Waals surface area contributed by atoms with Crippen molar-refractivity contribution in [1.29, 1.82) is 0 Å². The fraction of sp³-hybridized carbons (Fsp3) is 0.600. The second-order valence-electron chi connectivity index (χ2n) is 7.15. The van der Waals surface area contributed by atoms with E-state index in [1.807, 2.05) is 4.90 Å². The first kappa shape index (κ1) is 21.6. The van der Waals surface area contributed by atoms with Crippen LogP contribution in [0.25, 0.3) is 11.2 Å². The molecule has 30 heavy (non-hydrogen) atoms. The molecular formula is C20H29N7O3. The van der Waals surface area contributed by atoms with Crippen LogP contribution < -0.4 is 21.5 Å². The lowest BCUT2D eigenvalue weighted by Crippen LogP contribution is -2.42. The van der Waals surface area contributed by atoms with E-state index in [0.717, 1.165) is 12.8 Å². The minimum atomic E-state index is -0.231. The Bertz CT molecular complexity index is 1030. The molecule has 0 aromatic carbocycles. The lowest BCUT2D eigenvalue weighted by atomic mass is 9.98. The maximum Gasteiger partial charge on any atom is 0.310 e. The molecule has 2 aromatic rings. The summed E-state index contributed by atoms with van der Waals surface area (Å²) < 4.78 is 8.43. The first-order valence-corrected chi connectivity index (χ1v) is 10.2. The summed E-state index contributed by atoms with van der Waals surface area (Å²) in [5.41, 5.74) is 6.13. The van der Waals surface area contributed by atoms with Crippen LogP contribution in [0.1, 0.15) is 26.7 Å². The van der Waals surface area contributed by atoms with E-state index >= 15 is 0 Å². The van der Waals surface area contributed by atoms with E-state index in [9.17, 15) is 9.59 Å². The highest BCUT2D eigenvalue weighted by molar-refractivity contribution is 5.76. The molecule has 162 valence electrons. The minimum Gasteiger partial charge on any atom is -0.466 e. The maximum absolute atomic E-state index is 13.2. The summed E-state index contributed by atoms with van der Waals surface area (Å²) >= 11 is 0. The van der Waals surface area contributed by atoms with Crippen LogP contribution in [0.5, 0.6) is 0 Å². The Morgan fingerprint density at radius 2 is 2.20 bits per heavy atom. The fourth-order valence-corrected chi connectivity index (χ4v) is 3.67. The second kappa shape index (κ2) is 9.63. The van der Waals surface area contributed by atoms with E-state index in [4.69, 9.17) is 10.5 Å². The zero-order valence-corrected chi connectivity index (χ0v) is 17.8. The monoisotopic (exact) mass is 415 g/mol. The molecule has 10 nitrogen and oxygen atoms in total. The summed E-state index contributed by atoms with van der Waals surface area (Å²) in [4.78, 5) is 36.6. The number of piperidine rings is 1. The van der Waals surface area contributed by atoms with Gasteiger partial charge in [-0.05, 0) is 26.7 Å². The molecule has 0 radical (unpaired) electrons. The standard InChI is InChI=1S/C20H29N7O3/c1-4-6-12-27-15-16(23-19(27)22-10-9-21)24-20(25(3)17(15)28)26-11-7-8-14(13-26)18(29)30-5-2/h14H,5,7-13,21H2,1-3H3,(H,22,23). The van der Waals surface area contributed by atoms with Gasteiger partial charge in [-0.2, -0.15) is 9.97 Å². The molecule has 1 unspecified atom stereocenters. The van der Waals surface area contributed by atoms with Crippen molar-refractivity contribution in [2.75, 3.05) is 43.0 Å². The summed E-state index contributed by atoms with van der Waals surface area (Å²) in [6.07, 6.45) is 1.59. The normalized spacial score (nSPS) is 16.3. The number of nitrogens with two attached hydrogens (primary N) is 1. The third-order valence-electron chi connectivity index (χ3n) is 5.13. The first-order chi connectivity index (χ1) is 14.5. The number of carbonyl (C=O) groups is 1. The van der Waals surface area contributed by atoms with Crippen molar-refractivity contribution in [2.45, 2.75) is 33.2 Å². The SMILES string of the molecule is CC#CCn1c(NCCN)nc2nc(N3CCCC(C(=O)OCC)C3)n(C)c(=O)c21. The van der Waals surface area contributed by atoms with Crippen LogP contribution in [-0.4, -0.2) is 57.9 Å². The topological polar surface area (TPSA) is 120 Å². The average Bonchev–Trinajstić information content (AvgIpc) is 3.10. The molecule has 0 spiro atoms. The van der Waals surface area contributed by atoms with E-state index in [0.29, 0.717) is 62.4 Å². The molecule has 0 amide bonds. The summed E-state index contributed by atoms with van der Waals surface area (Å²) in [6, 6.07) is 0. The molecular weight excluding hydrogens is 386 g/mol. The Morgan fingerprint density at radius 1 is 1.40 bits per heavy atom. The van der Waals surface area contributed by atoms with Crippen molar-refractivity contribution >= 4 is 29.0 Å². The van der Waals surface area contributed by atoms with Crippen molar-refractivity contribution in [3.05, 3.63) is 10.4 Å². The number of hydrogen-bond acceptors (Lipinski definition) is 8. The Kier molecular flexibility index (Phi) is 6.95. The third-order valence-corrected chi connectivity index (χ3v) is 5.13. The summed E-state index contributed by atoms with van der Waals surface area (Å²) in [5.74, 6) is 6.40. The first-order valence-electron chi connectivity index (χ1n) is 10.2. The summed E-state index contributed by atoms with van der Waals surface area (Å²) in [7, 11) is 1.69. The second-order valence-corrected chi connectivity index (χ2v) is 7.15. The quantitative estimate of drug-likeness (QED) is 0.489. The average molecular weight is 415 g/mol. The molecule has 1 fully saturated rings. The van der Waals surface area contributed by atoms with Gasteiger partial charge in [-0.15, -0.1) is 5.92 Å². The van der Waals surface area contributed by atoms with Crippen molar-refractivity contribution in [3.8, 4) is 11.8 Å². The summed E-state index contributed by atoms with van der Waals surface area (Å²) in [5, 5.41) is 3.14. The van der Waals surface area contributed by atoms with Crippen LogP contribution >= 0.6 is 0 Å². The molecule has 3 rings (SSSR count). The van der Waals surface area contributed by atoms with E-state index < -0.39 is 0 Å². The van der Waals surface area contributed by atoms with Crippen molar-refractivity contribution in [1.82, 2.24) is 19.1 Å². The predicted molar refractivity (Wildman–Crippen MR) is 115 cm³/mol. The number of fused-ring (bicyclic) bond motifs is 1. The van der Waals surface area contributed by atoms with Gasteiger partial charge in [0, 0.05) is 33.2 Å². The number of nitrogens with zero attached hydrogens (tertiary/aromatic N) is 5. The van der Waals surface area contributed by atoms with Crippen molar-refractivity contribution < 1.29 is 9.53 Å². The highest BCUT2D eigenvalue weighted by Crippen LogP contribution is 2.24.